The molecule has 1 aliphatic rings. The van der Waals surface area contributed by atoms with E-state index in [0.29, 0.717) is 5.92 Å². The molecule has 1 rings (SSSR count). The van der Waals surface area contributed by atoms with Crippen molar-refractivity contribution in [2.75, 3.05) is 0 Å². The summed E-state index contributed by atoms with van der Waals surface area (Å²) in [5.74, 6) is 0.712. The molecule has 0 radical (unpaired) electrons. The van der Waals surface area contributed by atoms with Gasteiger partial charge >= 0.3 is 0 Å². The summed E-state index contributed by atoms with van der Waals surface area (Å²) < 4.78 is 0. The Bertz CT molecular complexity index is 163. The van der Waals surface area contributed by atoms with Crippen molar-refractivity contribution in [3.05, 3.63) is 37.0 Å². The highest BCUT2D eigenvalue weighted by Crippen LogP contribution is 2.24. The molecule has 0 amide bonds. The largest absolute Gasteiger partial charge is 0.103 e. The fraction of sp³-hybridized carbons (Fsp3) is 0.400. The smallest absolute Gasteiger partial charge is 0.0198 e. The van der Waals surface area contributed by atoms with Crippen molar-refractivity contribution in [1.82, 2.24) is 0 Å². The molecule has 0 aromatic rings. The molecule has 10 heavy (non-hydrogen) atoms. The summed E-state index contributed by atoms with van der Waals surface area (Å²) in [6, 6.07) is 0. The lowest BCUT2D eigenvalue weighted by molar-refractivity contribution is 0.574. The lowest BCUT2D eigenvalue weighted by Gasteiger charge is -2.16. The first-order valence-electron chi connectivity index (χ1n) is 3.81. The van der Waals surface area contributed by atoms with E-state index in [1.165, 1.54) is 18.4 Å². The molecule has 0 spiro atoms. The molecule has 0 fully saturated rings. The zero-order valence-electron chi connectivity index (χ0n) is 6.34. The minimum absolute atomic E-state index is 0.712. The van der Waals surface area contributed by atoms with Gasteiger partial charge in [0.15, 0.2) is 0 Å². The zero-order chi connectivity index (χ0) is 7.40. The Morgan fingerprint density at radius 1 is 1.50 bits per heavy atom. The Balaban J connectivity index is 2.51. The third kappa shape index (κ3) is 1.60. The summed E-state index contributed by atoms with van der Waals surface area (Å²) in [5, 5.41) is 0. The van der Waals surface area contributed by atoms with Gasteiger partial charge in [-0.2, -0.15) is 0 Å². The van der Waals surface area contributed by atoms with Crippen LogP contribution in [-0.4, -0.2) is 0 Å². The maximum absolute atomic E-state index is 3.78. The first kappa shape index (κ1) is 7.33. The van der Waals surface area contributed by atoms with Crippen LogP contribution >= 0.6 is 0 Å². The maximum atomic E-state index is 3.78. The summed E-state index contributed by atoms with van der Waals surface area (Å²) in [4.78, 5) is 0. The standard InChI is InChI=1S/C10H14/c1-3-9-5-7-10(4-2)8-6-9/h3-5,10H,1-2,6-8H2. The Labute approximate surface area is 62.9 Å². The van der Waals surface area contributed by atoms with Crippen molar-refractivity contribution in [2.45, 2.75) is 19.3 Å². The van der Waals surface area contributed by atoms with Crippen LogP contribution in [0.5, 0.6) is 0 Å². The molecule has 0 heteroatoms. The molecule has 0 heterocycles. The average molecular weight is 134 g/mol. The van der Waals surface area contributed by atoms with Gasteiger partial charge in [-0.25, -0.2) is 0 Å². The molecule has 0 saturated heterocycles. The monoisotopic (exact) mass is 134 g/mol. The average Bonchev–Trinajstić information content (AvgIpc) is 2.05. The normalized spacial score (nSPS) is 25.2. The van der Waals surface area contributed by atoms with Gasteiger partial charge in [0.2, 0.25) is 0 Å². The van der Waals surface area contributed by atoms with Crippen LogP contribution in [-0.2, 0) is 0 Å². The van der Waals surface area contributed by atoms with Crippen LogP contribution in [0.2, 0.25) is 0 Å². The van der Waals surface area contributed by atoms with Gasteiger partial charge < -0.3 is 0 Å². The molecule has 0 nitrogen and oxygen atoms in total. The van der Waals surface area contributed by atoms with E-state index in [1.807, 2.05) is 6.08 Å². The molecular weight excluding hydrogens is 120 g/mol. The van der Waals surface area contributed by atoms with Gasteiger partial charge in [0.05, 0.1) is 0 Å². The van der Waals surface area contributed by atoms with Crippen LogP contribution in [0.3, 0.4) is 0 Å². The Morgan fingerprint density at radius 2 is 2.30 bits per heavy atom. The van der Waals surface area contributed by atoms with Crippen molar-refractivity contribution < 1.29 is 0 Å². The van der Waals surface area contributed by atoms with E-state index >= 15 is 0 Å². The molecule has 1 aliphatic carbocycles. The van der Waals surface area contributed by atoms with Crippen LogP contribution in [0.4, 0.5) is 0 Å². The number of hydrogen-bond donors (Lipinski definition) is 0. The van der Waals surface area contributed by atoms with Gasteiger partial charge in [-0.1, -0.05) is 30.4 Å². The van der Waals surface area contributed by atoms with E-state index in [9.17, 15) is 0 Å². The lowest BCUT2D eigenvalue weighted by Crippen LogP contribution is -2.00. The first-order chi connectivity index (χ1) is 4.86. The van der Waals surface area contributed by atoms with E-state index in [1.54, 1.807) is 0 Å². The van der Waals surface area contributed by atoms with Crippen molar-refractivity contribution in [3.63, 3.8) is 0 Å². The van der Waals surface area contributed by atoms with E-state index in [-0.39, 0.29) is 0 Å². The first-order valence-corrected chi connectivity index (χ1v) is 3.81. The van der Waals surface area contributed by atoms with Gasteiger partial charge in [-0.15, -0.1) is 6.58 Å². The van der Waals surface area contributed by atoms with E-state index in [0.717, 1.165) is 6.42 Å². The summed E-state index contributed by atoms with van der Waals surface area (Å²) in [5.41, 5.74) is 1.40. The second kappa shape index (κ2) is 3.40. The predicted octanol–water partition coefficient (Wildman–Crippen LogP) is 3.08. The van der Waals surface area contributed by atoms with Gasteiger partial charge in [0.25, 0.3) is 0 Å². The molecule has 0 aliphatic heterocycles. The van der Waals surface area contributed by atoms with Crippen molar-refractivity contribution in [2.24, 2.45) is 5.92 Å². The van der Waals surface area contributed by atoms with E-state index < -0.39 is 0 Å². The minimum atomic E-state index is 0.712. The van der Waals surface area contributed by atoms with Gasteiger partial charge in [-0.3, -0.25) is 0 Å². The molecule has 1 atom stereocenters. The second-order valence-corrected chi connectivity index (χ2v) is 2.75. The topological polar surface area (TPSA) is 0 Å². The Morgan fingerprint density at radius 3 is 2.70 bits per heavy atom. The summed E-state index contributed by atoms with van der Waals surface area (Å²) >= 11 is 0. The summed E-state index contributed by atoms with van der Waals surface area (Å²) in [7, 11) is 0. The second-order valence-electron chi connectivity index (χ2n) is 2.75. The SMILES string of the molecule is C=CC1=CCC(C=C)CC1. The van der Waals surface area contributed by atoms with Crippen molar-refractivity contribution in [3.8, 4) is 0 Å². The molecule has 0 N–H and O–H groups in total. The zero-order valence-corrected chi connectivity index (χ0v) is 6.34. The van der Waals surface area contributed by atoms with Gasteiger partial charge in [-0.05, 0) is 25.2 Å². The highest BCUT2D eigenvalue weighted by Gasteiger charge is 2.08. The molecule has 54 valence electrons. The van der Waals surface area contributed by atoms with Gasteiger partial charge in [0.1, 0.15) is 0 Å². The molecule has 0 bridgehead atoms. The fourth-order valence-electron chi connectivity index (χ4n) is 1.27. The predicted molar refractivity (Wildman–Crippen MR) is 45.8 cm³/mol. The van der Waals surface area contributed by atoms with E-state index in [4.69, 9.17) is 0 Å². The molecule has 1 unspecified atom stereocenters. The number of hydrogen-bond acceptors (Lipinski definition) is 0. The highest BCUT2D eigenvalue weighted by atomic mass is 14.1. The van der Waals surface area contributed by atoms with Crippen molar-refractivity contribution in [1.29, 1.82) is 0 Å². The molecule has 0 aromatic carbocycles. The van der Waals surface area contributed by atoms with Crippen LogP contribution in [0.1, 0.15) is 19.3 Å². The van der Waals surface area contributed by atoms with Crippen LogP contribution in [0.15, 0.2) is 37.0 Å². The molecule has 0 aromatic heterocycles. The maximum Gasteiger partial charge on any atom is -0.0198 e. The molecule has 0 saturated carbocycles. The van der Waals surface area contributed by atoms with E-state index in [2.05, 4.69) is 25.3 Å². The number of rotatable bonds is 2. The fourth-order valence-corrected chi connectivity index (χ4v) is 1.27. The van der Waals surface area contributed by atoms with Gasteiger partial charge in [0, 0.05) is 0 Å². The highest BCUT2D eigenvalue weighted by molar-refractivity contribution is 5.19. The number of allylic oxidation sites excluding steroid dienone is 4. The summed E-state index contributed by atoms with van der Waals surface area (Å²) in [6.07, 6.45) is 9.87. The Hall–Kier alpha value is -0.780. The van der Waals surface area contributed by atoms with Crippen LogP contribution in [0, 0.1) is 5.92 Å². The van der Waals surface area contributed by atoms with Crippen LogP contribution < -0.4 is 0 Å². The lowest BCUT2D eigenvalue weighted by atomic mass is 9.90. The summed E-state index contributed by atoms with van der Waals surface area (Å²) in [6.45, 7) is 7.52. The minimum Gasteiger partial charge on any atom is -0.103 e. The van der Waals surface area contributed by atoms with Crippen LogP contribution in [0.25, 0.3) is 0 Å². The third-order valence-corrected chi connectivity index (χ3v) is 2.08. The Kier molecular flexibility index (Phi) is 2.49. The third-order valence-electron chi connectivity index (χ3n) is 2.08. The molecular formula is C10H14. The van der Waals surface area contributed by atoms with Crippen molar-refractivity contribution >= 4 is 0 Å². The quantitative estimate of drug-likeness (QED) is 0.509.